The molecule has 0 bridgehead atoms. The highest BCUT2D eigenvalue weighted by Gasteiger charge is 2.17. The van der Waals surface area contributed by atoms with Crippen molar-refractivity contribution in [2.24, 2.45) is 5.10 Å². The molecule has 2 aromatic carbocycles. The third-order valence-corrected chi connectivity index (χ3v) is 4.53. The zero-order valence-corrected chi connectivity index (χ0v) is 13.6. The number of halogens is 2. The SMILES string of the molecule is Fc1ccc2c(c1)/C(=N\NC(=S)Nc1ccccc1F)CCS2. The number of hydrogen-bond acceptors (Lipinski definition) is 3. The van der Waals surface area contributed by atoms with Gasteiger partial charge in [0.1, 0.15) is 11.6 Å². The van der Waals surface area contributed by atoms with Gasteiger partial charge in [-0.3, -0.25) is 5.43 Å². The number of nitrogens with one attached hydrogen (secondary N) is 2. The Bertz CT molecular complexity index is 778. The van der Waals surface area contributed by atoms with E-state index in [1.54, 1.807) is 36.0 Å². The minimum absolute atomic E-state index is 0.179. The lowest BCUT2D eigenvalue weighted by molar-refractivity contribution is 0.626. The zero-order chi connectivity index (χ0) is 16.2. The van der Waals surface area contributed by atoms with Crippen LogP contribution < -0.4 is 10.7 Å². The molecule has 0 spiro atoms. The molecule has 1 aliphatic rings. The Kier molecular flexibility index (Phi) is 4.88. The van der Waals surface area contributed by atoms with E-state index in [0.29, 0.717) is 6.42 Å². The summed E-state index contributed by atoms with van der Waals surface area (Å²) in [6.07, 6.45) is 0.705. The molecule has 0 saturated heterocycles. The van der Waals surface area contributed by atoms with Crippen molar-refractivity contribution in [3.05, 3.63) is 59.7 Å². The van der Waals surface area contributed by atoms with E-state index in [-0.39, 0.29) is 16.6 Å². The van der Waals surface area contributed by atoms with Crippen molar-refractivity contribution >= 4 is 40.5 Å². The van der Waals surface area contributed by atoms with Crippen LogP contribution in [0.25, 0.3) is 0 Å². The zero-order valence-electron chi connectivity index (χ0n) is 12.0. The van der Waals surface area contributed by atoms with Crippen molar-refractivity contribution in [3.8, 4) is 0 Å². The topological polar surface area (TPSA) is 36.4 Å². The fraction of sp³-hybridized carbons (Fsp3) is 0.125. The number of hydrogen-bond donors (Lipinski definition) is 2. The number of para-hydroxylation sites is 1. The van der Waals surface area contributed by atoms with Crippen LogP contribution in [0, 0.1) is 11.6 Å². The molecule has 23 heavy (non-hydrogen) atoms. The first-order valence-corrected chi connectivity index (χ1v) is 8.33. The van der Waals surface area contributed by atoms with Crippen LogP contribution in [0.1, 0.15) is 12.0 Å². The second-order valence-electron chi connectivity index (χ2n) is 4.84. The monoisotopic (exact) mass is 349 g/mol. The molecule has 2 aromatic rings. The van der Waals surface area contributed by atoms with Crippen LogP contribution in [-0.2, 0) is 0 Å². The lowest BCUT2D eigenvalue weighted by Gasteiger charge is -2.17. The Balaban J connectivity index is 1.73. The molecule has 0 unspecified atom stereocenters. The van der Waals surface area contributed by atoms with E-state index in [4.69, 9.17) is 12.2 Å². The van der Waals surface area contributed by atoms with Gasteiger partial charge in [-0.15, -0.1) is 11.8 Å². The molecule has 0 amide bonds. The van der Waals surface area contributed by atoms with Gasteiger partial charge >= 0.3 is 0 Å². The minimum Gasteiger partial charge on any atom is -0.329 e. The number of rotatable bonds is 2. The van der Waals surface area contributed by atoms with Gasteiger partial charge in [0, 0.05) is 22.6 Å². The molecular formula is C16H13F2N3S2. The Morgan fingerprint density at radius 3 is 2.83 bits per heavy atom. The first-order valence-electron chi connectivity index (χ1n) is 6.94. The third-order valence-electron chi connectivity index (χ3n) is 3.26. The molecule has 0 atom stereocenters. The Labute approximate surface area is 142 Å². The van der Waals surface area contributed by atoms with Gasteiger partial charge in [0.05, 0.1) is 11.4 Å². The standard InChI is InChI=1S/C16H13F2N3S2/c17-10-5-6-15-11(9-10)13(7-8-23-15)20-21-16(22)19-14-4-2-1-3-12(14)18/h1-6,9H,7-8H2,(H2,19,21,22)/b20-13-. The van der Waals surface area contributed by atoms with Crippen molar-refractivity contribution in [2.45, 2.75) is 11.3 Å². The van der Waals surface area contributed by atoms with Gasteiger partial charge in [0.15, 0.2) is 5.11 Å². The smallest absolute Gasteiger partial charge is 0.191 e. The van der Waals surface area contributed by atoms with Crippen molar-refractivity contribution in [2.75, 3.05) is 11.1 Å². The van der Waals surface area contributed by atoms with Crippen LogP contribution >= 0.6 is 24.0 Å². The summed E-state index contributed by atoms with van der Waals surface area (Å²) in [6.45, 7) is 0. The van der Waals surface area contributed by atoms with Crippen LogP contribution in [-0.4, -0.2) is 16.6 Å². The van der Waals surface area contributed by atoms with Crippen molar-refractivity contribution in [1.82, 2.24) is 5.43 Å². The summed E-state index contributed by atoms with van der Waals surface area (Å²) in [5, 5.41) is 7.18. The normalized spacial score (nSPS) is 15.1. The van der Waals surface area contributed by atoms with Gasteiger partial charge in [-0.1, -0.05) is 12.1 Å². The number of anilines is 1. The van der Waals surface area contributed by atoms with E-state index in [0.717, 1.165) is 21.9 Å². The number of fused-ring (bicyclic) bond motifs is 1. The highest BCUT2D eigenvalue weighted by atomic mass is 32.2. The molecule has 0 saturated carbocycles. The predicted octanol–water partition coefficient (Wildman–Crippen LogP) is 4.15. The highest BCUT2D eigenvalue weighted by Crippen LogP contribution is 2.30. The van der Waals surface area contributed by atoms with Gasteiger partial charge in [-0.25, -0.2) is 8.78 Å². The predicted molar refractivity (Wildman–Crippen MR) is 94.0 cm³/mol. The number of thioether (sulfide) groups is 1. The fourth-order valence-electron chi connectivity index (χ4n) is 2.19. The molecule has 0 fully saturated rings. The van der Waals surface area contributed by atoms with Gasteiger partial charge in [-0.2, -0.15) is 5.10 Å². The van der Waals surface area contributed by atoms with Crippen LogP contribution in [0.5, 0.6) is 0 Å². The van der Waals surface area contributed by atoms with E-state index >= 15 is 0 Å². The maximum Gasteiger partial charge on any atom is 0.191 e. The highest BCUT2D eigenvalue weighted by molar-refractivity contribution is 7.99. The summed E-state index contributed by atoms with van der Waals surface area (Å²) in [5.41, 5.74) is 4.47. The maximum absolute atomic E-state index is 13.6. The average molecular weight is 349 g/mol. The molecule has 0 radical (unpaired) electrons. The first-order chi connectivity index (χ1) is 11.1. The quantitative estimate of drug-likeness (QED) is 0.631. The molecule has 3 nitrogen and oxygen atoms in total. The molecule has 3 rings (SSSR count). The van der Waals surface area contributed by atoms with Crippen molar-refractivity contribution < 1.29 is 8.78 Å². The molecule has 1 aliphatic heterocycles. The lowest BCUT2D eigenvalue weighted by atomic mass is 10.1. The molecule has 2 N–H and O–H groups in total. The molecule has 0 aromatic heterocycles. The number of thiocarbonyl (C=S) groups is 1. The minimum atomic E-state index is -0.397. The van der Waals surface area contributed by atoms with Crippen molar-refractivity contribution in [3.63, 3.8) is 0 Å². The van der Waals surface area contributed by atoms with Gasteiger partial charge in [0.2, 0.25) is 0 Å². The third kappa shape index (κ3) is 3.86. The van der Waals surface area contributed by atoms with E-state index in [2.05, 4.69) is 15.8 Å². The molecule has 7 heteroatoms. The van der Waals surface area contributed by atoms with Crippen LogP contribution in [0.2, 0.25) is 0 Å². The second kappa shape index (κ2) is 7.06. The summed E-state index contributed by atoms with van der Waals surface area (Å²) in [6, 6.07) is 10.9. The summed E-state index contributed by atoms with van der Waals surface area (Å²) >= 11 is 6.78. The first kappa shape index (κ1) is 15.9. The van der Waals surface area contributed by atoms with E-state index in [1.807, 2.05) is 0 Å². The Morgan fingerprint density at radius 2 is 2.00 bits per heavy atom. The van der Waals surface area contributed by atoms with Gasteiger partial charge < -0.3 is 5.32 Å². The van der Waals surface area contributed by atoms with Gasteiger partial charge in [0.25, 0.3) is 0 Å². The fourth-order valence-corrected chi connectivity index (χ4v) is 3.36. The molecular weight excluding hydrogens is 336 g/mol. The number of hydrazone groups is 1. The van der Waals surface area contributed by atoms with Crippen molar-refractivity contribution in [1.29, 1.82) is 0 Å². The van der Waals surface area contributed by atoms with E-state index in [1.165, 1.54) is 18.2 Å². The van der Waals surface area contributed by atoms with E-state index in [9.17, 15) is 8.78 Å². The number of nitrogens with zero attached hydrogens (tertiary/aromatic N) is 1. The number of benzene rings is 2. The van der Waals surface area contributed by atoms with E-state index < -0.39 is 5.82 Å². The molecule has 0 aliphatic carbocycles. The Morgan fingerprint density at radius 1 is 1.17 bits per heavy atom. The van der Waals surface area contributed by atoms with Crippen LogP contribution in [0.4, 0.5) is 14.5 Å². The summed E-state index contributed by atoms with van der Waals surface area (Å²) in [5.74, 6) is 0.170. The van der Waals surface area contributed by atoms with Gasteiger partial charge in [-0.05, 0) is 42.5 Å². The second-order valence-corrected chi connectivity index (χ2v) is 6.39. The summed E-state index contributed by atoms with van der Waals surface area (Å²) in [7, 11) is 0. The largest absolute Gasteiger partial charge is 0.329 e. The maximum atomic E-state index is 13.6. The summed E-state index contributed by atoms with van der Waals surface area (Å²) in [4.78, 5) is 0.992. The average Bonchev–Trinajstić information content (AvgIpc) is 2.55. The molecule has 118 valence electrons. The molecule has 1 heterocycles. The Hall–Kier alpha value is -1.99. The van der Waals surface area contributed by atoms with Crippen LogP contribution in [0.15, 0.2) is 52.5 Å². The lowest BCUT2D eigenvalue weighted by Crippen LogP contribution is -2.26. The van der Waals surface area contributed by atoms with Crippen LogP contribution in [0.3, 0.4) is 0 Å². The summed E-state index contributed by atoms with van der Waals surface area (Å²) < 4.78 is 27.0.